The summed E-state index contributed by atoms with van der Waals surface area (Å²) in [5, 5.41) is 1.16. The lowest BCUT2D eigenvalue weighted by Crippen LogP contribution is -2.50. The minimum absolute atomic E-state index is 0.0836. The van der Waals surface area contributed by atoms with E-state index in [0.29, 0.717) is 26.2 Å². The van der Waals surface area contributed by atoms with E-state index in [2.05, 4.69) is 23.6 Å². The Bertz CT molecular complexity index is 786. The van der Waals surface area contributed by atoms with Gasteiger partial charge in [0.2, 0.25) is 5.91 Å². The molecule has 2 amide bonds. The Labute approximate surface area is 149 Å². The topological polar surface area (TPSA) is 45.6 Å². The molecule has 1 aliphatic rings. The van der Waals surface area contributed by atoms with Crippen LogP contribution in [0.4, 0.5) is 0 Å². The molecule has 5 heteroatoms. The van der Waals surface area contributed by atoms with Crippen molar-refractivity contribution >= 4 is 22.7 Å². The van der Waals surface area contributed by atoms with Gasteiger partial charge in [-0.2, -0.15) is 0 Å². The third kappa shape index (κ3) is 3.28. The number of hydrogen-bond acceptors (Lipinski definition) is 2. The average Bonchev–Trinajstić information content (AvgIpc) is 2.91. The molecule has 0 spiro atoms. The first-order valence-corrected chi connectivity index (χ1v) is 9.17. The summed E-state index contributed by atoms with van der Waals surface area (Å²) in [6.07, 6.45) is 2.15. The van der Waals surface area contributed by atoms with Crippen molar-refractivity contribution in [1.29, 1.82) is 0 Å². The number of nitrogens with zero attached hydrogens (tertiary/aromatic N) is 3. The number of para-hydroxylation sites is 1. The number of rotatable bonds is 4. The second-order valence-electron chi connectivity index (χ2n) is 6.79. The van der Waals surface area contributed by atoms with E-state index in [9.17, 15) is 9.59 Å². The van der Waals surface area contributed by atoms with Crippen molar-refractivity contribution in [2.45, 2.75) is 40.2 Å². The molecule has 0 bridgehead atoms. The molecule has 1 saturated heterocycles. The second-order valence-corrected chi connectivity index (χ2v) is 6.79. The molecule has 1 fully saturated rings. The molecule has 2 aromatic rings. The van der Waals surface area contributed by atoms with Gasteiger partial charge in [0.1, 0.15) is 5.69 Å². The molecular weight excluding hydrogens is 314 g/mol. The zero-order valence-corrected chi connectivity index (χ0v) is 15.4. The fourth-order valence-corrected chi connectivity index (χ4v) is 3.68. The lowest BCUT2D eigenvalue weighted by atomic mass is 10.1. The maximum Gasteiger partial charge on any atom is 0.270 e. The predicted octanol–water partition coefficient (Wildman–Crippen LogP) is 3.05. The summed E-state index contributed by atoms with van der Waals surface area (Å²) >= 11 is 0. The zero-order valence-electron chi connectivity index (χ0n) is 15.4. The molecule has 0 radical (unpaired) electrons. The van der Waals surface area contributed by atoms with Gasteiger partial charge in [-0.25, -0.2) is 0 Å². The van der Waals surface area contributed by atoms with Gasteiger partial charge in [0.15, 0.2) is 0 Å². The van der Waals surface area contributed by atoms with Gasteiger partial charge in [0.05, 0.1) is 0 Å². The van der Waals surface area contributed by atoms with Crippen LogP contribution in [0.25, 0.3) is 10.9 Å². The van der Waals surface area contributed by atoms with Crippen LogP contribution in [0.1, 0.15) is 42.7 Å². The van der Waals surface area contributed by atoms with E-state index in [0.717, 1.165) is 41.5 Å². The van der Waals surface area contributed by atoms with Gasteiger partial charge in [0, 0.05) is 50.6 Å². The number of hydrogen-bond donors (Lipinski definition) is 0. The lowest BCUT2D eigenvalue weighted by Gasteiger charge is -2.34. The molecule has 25 heavy (non-hydrogen) atoms. The summed E-state index contributed by atoms with van der Waals surface area (Å²) in [6.45, 7) is 9.11. The number of amides is 2. The van der Waals surface area contributed by atoms with Crippen molar-refractivity contribution in [1.82, 2.24) is 14.4 Å². The van der Waals surface area contributed by atoms with E-state index in [1.54, 1.807) is 6.92 Å². The minimum Gasteiger partial charge on any atom is -0.339 e. The largest absolute Gasteiger partial charge is 0.339 e. The van der Waals surface area contributed by atoms with Crippen LogP contribution >= 0.6 is 0 Å². The Morgan fingerprint density at radius 3 is 2.32 bits per heavy atom. The Morgan fingerprint density at radius 1 is 1.04 bits per heavy atom. The molecular formula is C20H27N3O2. The Kier molecular flexibility index (Phi) is 5.11. The SMILES string of the molecule is CCCCn1c(C(=O)N2CCN(C(C)=O)CC2)c(C)c2ccccc21. The van der Waals surface area contributed by atoms with Gasteiger partial charge in [-0.3, -0.25) is 9.59 Å². The highest BCUT2D eigenvalue weighted by Gasteiger charge is 2.27. The van der Waals surface area contributed by atoms with E-state index in [1.165, 1.54) is 0 Å². The summed E-state index contributed by atoms with van der Waals surface area (Å²) in [4.78, 5) is 28.5. The molecule has 3 rings (SSSR count). The number of benzene rings is 1. The van der Waals surface area contributed by atoms with Crippen LogP contribution < -0.4 is 0 Å². The number of piperazine rings is 1. The number of aryl methyl sites for hydroxylation is 2. The molecule has 2 heterocycles. The quantitative estimate of drug-likeness (QED) is 0.858. The standard InChI is InChI=1S/C20H27N3O2/c1-4-5-10-23-18-9-7-6-8-17(18)15(2)19(23)20(25)22-13-11-21(12-14-22)16(3)24/h6-9H,4-5,10-14H2,1-3H3. The van der Waals surface area contributed by atoms with Crippen molar-refractivity contribution in [2.24, 2.45) is 0 Å². The first-order chi connectivity index (χ1) is 12.0. The highest BCUT2D eigenvalue weighted by atomic mass is 16.2. The highest BCUT2D eigenvalue weighted by Crippen LogP contribution is 2.27. The van der Waals surface area contributed by atoms with E-state index in [-0.39, 0.29) is 11.8 Å². The van der Waals surface area contributed by atoms with Crippen molar-refractivity contribution in [3.8, 4) is 0 Å². The fraction of sp³-hybridized carbons (Fsp3) is 0.500. The monoisotopic (exact) mass is 341 g/mol. The molecule has 1 aliphatic heterocycles. The Hall–Kier alpha value is -2.30. The third-order valence-corrected chi connectivity index (χ3v) is 5.17. The Morgan fingerprint density at radius 2 is 1.68 bits per heavy atom. The summed E-state index contributed by atoms with van der Waals surface area (Å²) in [6, 6.07) is 8.25. The summed E-state index contributed by atoms with van der Waals surface area (Å²) in [5.41, 5.74) is 3.01. The van der Waals surface area contributed by atoms with Crippen molar-refractivity contribution < 1.29 is 9.59 Å². The van der Waals surface area contributed by atoms with Gasteiger partial charge in [-0.05, 0) is 25.0 Å². The molecule has 0 saturated carbocycles. The van der Waals surface area contributed by atoms with E-state index in [1.807, 2.05) is 28.9 Å². The van der Waals surface area contributed by atoms with Crippen LogP contribution in [0.2, 0.25) is 0 Å². The maximum atomic E-state index is 13.3. The second kappa shape index (κ2) is 7.30. The smallest absolute Gasteiger partial charge is 0.270 e. The summed E-state index contributed by atoms with van der Waals surface area (Å²) in [5.74, 6) is 0.174. The molecule has 0 aliphatic carbocycles. The summed E-state index contributed by atoms with van der Waals surface area (Å²) in [7, 11) is 0. The predicted molar refractivity (Wildman–Crippen MR) is 99.7 cm³/mol. The number of carbonyl (C=O) groups is 2. The van der Waals surface area contributed by atoms with E-state index < -0.39 is 0 Å². The van der Waals surface area contributed by atoms with Gasteiger partial charge < -0.3 is 14.4 Å². The number of fused-ring (bicyclic) bond motifs is 1. The van der Waals surface area contributed by atoms with Crippen molar-refractivity contribution in [2.75, 3.05) is 26.2 Å². The summed E-state index contributed by atoms with van der Waals surface area (Å²) < 4.78 is 2.19. The fourth-order valence-electron chi connectivity index (χ4n) is 3.68. The van der Waals surface area contributed by atoms with Crippen LogP contribution in [-0.4, -0.2) is 52.4 Å². The molecule has 5 nitrogen and oxygen atoms in total. The zero-order chi connectivity index (χ0) is 18.0. The number of carbonyl (C=O) groups excluding carboxylic acids is 2. The van der Waals surface area contributed by atoms with Crippen LogP contribution in [0, 0.1) is 6.92 Å². The third-order valence-electron chi connectivity index (χ3n) is 5.17. The van der Waals surface area contributed by atoms with Gasteiger partial charge in [-0.1, -0.05) is 31.5 Å². The number of unbranched alkanes of at least 4 members (excludes halogenated alkanes) is 1. The maximum absolute atomic E-state index is 13.3. The van der Waals surface area contributed by atoms with Crippen molar-refractivity contribution in [3.63, 3.8) is 0 Å². The van der Waals surface area contributed by atoms with Crippen LogP contribution in [0.3, 0.4) is 0 Å². The normalized spacial score (nSPS) is 15.0. The van der Waals surface area contributed by atoms with Crippen LogP contribution in [0.15, 0.2) is 24.3 Å². The first-order valence-electron chi connectivity index (χ1n) is 9.17. The average molecular weight is 341 g/mol. The highest BCUT2D eigenvalue weighted by molar-refractivity contribution is 6.01. The minimum atomic E-state index is 0.0836. The van der Waals surface area contributed by atoms with E-state index >= 15 is 0 Å². The molecule has 0 atom stereocenters. The molecule has 0 unspecified atom stereocenters. The van der Waals surface area contributed by atoms with Crippen LogP contribution in [-0.2, 0) is 11.3 Å². The molecule has 134 valence electrons. The van der Waals surface area contributed by atoms with Crippen molar-refractivity contribution in [3.05, 3.63) is 35.5 Å². The Balaban J connectivity index is 1.93. The lowest BCUT2D eigenvalue weighted by molar-refractivity contribution is -0.130. The molecule has 0 N–H and O–H groups in total. The van der Waals surface area contributed by atoms with Gasteiger partial charge >= 0.3 is 0 Å². The first kappa shape index (κ1) is 17.5. The van der Waals surface area contributed by atoms with Crippen LogP contribution in [0.5, 0.6) is 0 Å². The van der Waals surface area contributed by atoms with Gasteiger partial charge in [-0.15, -0.1) is 0 Å². The molecule has 1 aromatic heterocycles. The number of aromatic nitrogens is 1. The van der Waals surface area contributed by atoms with Gasteiger partial charge in [0.25, 0.3) is 5.91 Å². The van der Waals surface area contributed by atoms with E-state index in [4.69, 9.17) is 0 Å². The molecule has 1 aromatic carbocycles.